The summed E-state index contributed by atoms with van der Waals surface area (Å²) < 4.78 is 0. The molecule has 3 unspecified atom stereocenters. The van der Waals surface area contributed by atoms with Crippen LogP contribution in [0.2, 0.25) is 0 Å². The smallest absolute Gasteiger partial charge is 0.326 e. The van der Waals surface area contributed by atoms with Crippen LogP contribution in [0, 0.1) is 5.92 Å². The highest BCUT2D eigenvalue weighted by Gasteiger charge is 2.30. The highest BCUT2D eigenvalue weighted by Crippen LogP contribution is 2.09. The molecule has 1 aromatic carbocycles. The molecule has 0 heterocycles. The van der Waals surface area contributed by atoms with Crippen molar-refractivity contribution in [3.8, 4) is 0 Å². The molecule has 0 bridgehead atoms. The number of amides is 2. The maximum absolute atomic E-state index is 12.2. The van der Waals surface area contributed by atoms with Gasteiger partial charge in [0.05, 0.1) is 6.04 Å². The van der Waals surface area contributed by atoms with Gasteiger partial charge in [0.1, 0.15) is 6.04 Å². The first-order valence-corrected chi connectivity index (χ1v) is 7.80. The van der Waals surface area contributed by atoms with Crippen LogP contribution in [0.25, 0.3) is 0 Å². The van der Waals surface area contributed by atoms with Crippen molar-refractivity contribution in [3.05, 3.63) is 35.9 Å². The average Bonchev–Trinajstić information content (AvgIpc) is 2.53. The van der Waals surface area contributed by atoms with Gasteiger partial charge in [0, 0.05) is 0 Å². The number of carboxylic acids is 1. The van der Waals surface area contributed by atoms with E-state index in [4.69, 9.17) is 5.11 Å². The maximum Gasteiger partial charge on any atom is 0.326 e. The van der Waals surface area contributed by atoms with E-state index in [0.29, 0.717) is 6.41 Å². The monoisotopic (exact) mass is 336 g/mol. The summed E-state index contributed by atoms with van der Waals surface area (Å²) in [6.07, 6.45) is -0.647. The van der Waals surface area contributed by atoms with Crippen molar-refractivity contribution in [2.75, 3.05) is 0 Å². The van der Waals surface area contributed by atoms with Gasteiger partial charge in [-0.2, -0.15) is 0 Å². The van der Waals surface area contributed by atoms with Gasteiger partial charge in [0.15, 0.2) is 6.10 Å². The Morgan fingerprint density at radius 3 is 2.33 bits per heavy atom. The van der Waals surface area contributed by atoms with Gasteiger partial charge in [0.2, 0.25) is 6.41 Å². The van der Waals surface area contributed by atoms with Crippen molar-refractivity contribution in [1.29, 1.82) is 0 Å². The van der Waals surface area contributed by atoms with Crippen molar-refractivity contribution in [2.24, 2.45) is 5.92 Å². The van der Waals surface area contributed by atoms with Crippen molar-refractivity contribution < 1.29 is 24.6 Å². The number of rotatable bonds is 10. The van der Waals surface area contributed by atoms with Gasteiger partial charge in [-0.3, -0.25) is 9.59 Å². The Hall–Kier alpha value is -2.41. The quantitative estimate of drug-likeness (QED) is 0.459. The Bertz CT molecular complexity index is 547. The van der Waals surface area contributed by atoms with E-state index in [2.05, 4.69) is 10.6 Å². The van der Waals surface area contributed by atoms with Crippen LogP contribution in [-0.4, -0.2) is 46.7 Å². The minimum Gasteiger partial charge on any atom is -0.480 e. The molecule has 0 saturated carbocycles. The fraction of sp³-hybridized carbons (Fsp3) is 0.471. The number of carboxylic acid groups (broad SMARTS) is 1. The molecule has 0 aromatic heterocycles. The van der Waals surface area contributed by atoms with E-state index < -0.39 is 30.1 Å². The molecule has 4 N–H and O–H groups in total. The van der Waals surface area contributed by atoms with Gasteiger partial charge in [-0.25, -0.2) is 4.79 Å². The lowest BCUT2D eigenvalue weighted by Crippen LogP contribution is -2.53. The summed E-state index contributed by atoms with van der Waals surface area (Å²) in [5.74, 6) is -1.91. The van der Waals surface area contributed by atoms with Crippen molar-refractivity contribution in [1.82, 2.24) is 10.6 Å². The molecule has 0 radical (unpaired) electrons. The molecule has 7 nitrogen and oxygen atoms in total. The summed E-state index contributed by atoms with van der Waals surface area (Å²) in [4.78, 5) is 34.1. The van der Waals surface area contributed by atoms with Crippen LogP contribution in [0.4, 0.5) is 0 Å². The second-order valence-electron chi connectivity index (χ2n) is 6.05. The number of benzene rings is 1. The van der Waals surface area contributed by atoms with Gasteiger partial charge in [-0.05, 0) is 24.3 Å². The second-order valence-corrected chi connectivity index (χ2v) is 6.05. The molecular formula is C17H24N2O5. The van der Waals surface area contributed by atoms with Crippen LogP contribution >= 0.6 is 0 Å². The van der Waals surface area contributed by atoms with E-state index in [0.717, 1.165) is 5.56 Å². The van der Waals surface area contributed by atoms with Crippen molar-refractivity contribution in [3.63, 3.8) is 0 Å². The normalized spacial score (nSPS) is 14.5. The average molecular weight is 336 g/mol. The molecule has 1 aromatic rings. The highest BCUT2D eigenvalue weighted by atomic mass is 16.4. The Kier molecular flexibility index (Phi) is 7.91. The molecule has 2 amide bonds. The summed E-state index contributed by atoms with van der Waals surface area (Å²) >= 11 is 0. The second kappa shape index (κ2) is 9.67. The number of carbonyl (C=O) groups is 3. The largest absolute Gasteiger partial charge is 0.480 e. The van der Waals surface area contributed by atoms with Crippen LogP contribution in [0.1, 0.15) is 25.8 Å². The molecule has 1 rings (SSSR count). The number of hydrogen-bond acceptors (Lipinski definition) is 4. The SMILES string of the molecule is CC(C)CC(NC(=O)C(O)C(Cc1ccccc1)NC=O)C(=O)O. The first kappa shape index (κ1) is 19.6. The first-order chi connectivity index (χ1) is 11.3. The lowest BCUT2D eigenvalue weighted by Gasteiger charge is -2.24. The summed E-state index contributed by atoms with van der Waals surface area (Å²) in [5, 5.41) is 24.1. The van der Waals surface area contributed by atoms with Crippen molar-refractivity contribution in [2.45, 2.75) is 44.9 Å². The van der Waals surface area contributed by atoms with E-state index >= 15 is 0 Å². The molecule has 0 aliphatic heterocycles. The van der Waals surface area contributed by atoms with Crippen LogP contribution in [0.15, 0.2) is 30.3 Å². The van der Waals surface area contributed by atoms with E-state index in [1.165, 1.54) is 0 Å². The summed E-state index contributed by atoms with van der Waals surface area (Å²) in [7, 11) is 0. The third kappa shape index (κ3) is 6.37. The minimum atomic E-state index is -1.55. The summed E-state index contributed by atoms with van der Waals surface area (Å²) in [5.41, 5.74) is 0.834. The number of hydrogen-bond donors (Lipinski definition) is 4. The predicted molar refractivity (Wildman–Crippen MR) is 88.2 cm³/mol. The third-order valence-corrected chi connectivity index (χ3v) is 3.55. The van der Waals surface area contributed by atoms with E-state index in [-0.39, 0.29) is 18.8 Å². The van der Waals surface area contributed by atoms with Gasteiger partial charge in [0.25, 0.3) is 5.91 Å². The van der Waals surface area contributed by atoms with Crippen molar-refractivity contribution >= 4 is 18.3 Å². The zero-order chi connectivity index (χ0) is 18.1. The zero-order valence-electron chi connectivity index (χ0n) is 13.8. The first-order valence-electron chi connectivity index (χ1n) is 7.80. The molecule has 0 aliphatic rings. The molecular weight excluding hydrogens is 312 g/mol. The molecule has 0 saturated heterocycles. The fourth-order valence-electron chi connectivity index (χ4n) is 2.35. The van der Waals surface area contributed by atoms with Crippen LogP contribution in [0.3, 0.4) is 0 Å². The molecule has 132 valence electrons. The molecule has 24 heavy (non-hydrogen) atoms. The van der Waals surface area contributed by atoms with Crippen LogP contribution in [-0.2, 0) is 20.8 Å². The summed E-state index contributed by atoms with van der Waals surface area (Å²) in [6, 6.07) is 7.13. The zero-order valence-corrected chi connectivity index (χ0v) is 13.8. The van der Waals surface area contributed by atoms with E-state index in [9.17, 15) is 19.5 Å². The lowest BCUT2D eigenvalue weighted by atomic mass is 9.99. The highest BCUT2D eigenvalue weighted by molar-refractivity contribution is 5.86. The number of nitrogens with one attached hydrogen (secondary N) is 2. The number of aliphatic hydroxyl groups is 1. The lowest BCUT2D eigenvalue weighted by molar-refractivity contribution is -0.144. The maximum atomic E-state index is 12.2. The topological polar surface area (TPSA) is 116 Å². The van der Waals surface area contributed by atoms with E-state index in [1.54, 1.807) is 0 Å². The number of aliphatic carboxylic acids is 1. The summed E-state index contributed by atoms with van der Waals surface area (Å²) in [6.45, 7) is 3.68. The number of aliphatic hydroxyl groups excluding tert-OH is 1. The predicted octanol–water partition coefficient (Wildman–Crippen LogP) is 0.320. The molecule has 0 fully saturated rings. The van der Waals surface area contributed by atoms with Gasteiger partial charge < -0.3 is 20.8 Å². The Balaban J connectivity index is 2.77. The standard InChI is InChI=1S/C17H24N2O5/c1-11(2)8-14(17(23)24)19-16(22)15(21)13(18-10-20)9-12-6-4-3-5-7-12/h3-7,10-11,13-15,21H,8-9H2,1-2H3,(H,18,20)(H,19,22)(H,23,24). The number of carbonyl (C=O) groups excluding carboxylic acids is 2. The van der Waals surface area contributed by atoms with Gasteiger partial charge in [-0.1, -0.05) is 44.2 Å². The molecule has 0 spiro atoms. The van der Waals surface area contributed by atoms with E-state index in [1.807, 2.05) is 44.2 Å². The molecule has 3 atom stereocenters. The molecule has 7 heteroatoms. The molecule has 0 aliphatic carbocycles. The van der Waals surface area contributed by atoms with Crippen LogP contribution < -0.4 is 10.6 Å². The Morgan fingerprint density at radius 2 is 1.83 bits per heavy atom. The minimum absolute atomic E-state index is 0.0664. The Labute approximate surface area is 141 Å². The van der Waals surface area contributed by atoms with Gasteiger partial charge in [-0.15, -0.1) is 0 Å². The fourth-order valence-corrected chi connectivity index (χ4v) is 2.35. The van der Waals surface area contributed by atoms with Gasteiger partial charge >= 0.3 is 5.97 Å². The third-order valence-electron chi connectivity index (χ3n) is 3.55. The Morgan fingerprint density at radius 1 is 1.21 bits per heavy atom. The van der Waals surface area contributed by atoms with Crippen LogP contribution in [0.5, 0.6) is 0 Å².